The third-order valence-electron chi connectivity index (χ3n) is 8.25. The van der Waals surface area contributed by atoms with Gasteiger partial charge in [-0.25, -0.2) is 8.78 Å². The molecule has 4 aliphatic rings. The zero-order chi connectivity index (χ0) is 20.7. The number of aliphatic hydroxyl groups is 2. The molecule has 6 heteroatoms. The Balaban J connectivity index is 1.88. The van der Waals surface area contributed by atoms with Crippen LogP contribution >= 0.6 is 0 Å². The number of halogens is 2. The van der Waals surface area contributed by atoms with Gasteiger partial charge in [0.05, 0.1) is 0 Å². The van der Waals surface area contributed by atoms with Crippen molar-refractivity contribution < 1.29 is 28.6 Å². The molecule has 0 bridgehead atoms. The van der Waals surface area contributed by atoms with E-state index in [0.717, 1.165) is 0 Å². The van der Waals surface area contributed by atoms with Crippen molar-refractivity contribution in [1.82, 2.24) is 0 Å². The highest BCUT2D eigenvalue weighted by molar-refractivity contribution is 6.01. The Labute approximate surface area is 163 Å². The van der Waals surface area contributed by atoms with Crippen LogP contribution in [-0.2, 0) is 9.59 Å². The van der Waals surface area contributed by atoms with Crippen LogP contribution in [0.3, 0.4) is 0 Å². The van der Waals surface area contributed by atoms with Crippen molar-refractivity contribution in [2.24, 2.45) is 28.6 Å². The van der Waals surface area contributed by atoms with Crippen LogP contribution in [0.5, 0.6) is 0 Å². The van der Waals surface area contributed by atoms with Crippen LogP contribution in [0.15, 0.2) is 36.0 Å². The number of carbonyl (C=O) groups is 2. The van der Waals surface area contributed by atoms with Crippen molar-refractivity contribution in [3.63, 3.8) is 0 Å². The number of hydrogen-bond donors (Lipinski definition) is 2. The molecule has 0 heterocycles. The summed E-state index contributed by atoms with van der Waals surface area (Å²) in [5.41, 5.74) is -6.01. The second kappa shape index (κ2) is 5.70. The van der Waals surface area contributed by atoms with E-state index in [0.29, 0.717) is 6.42 Å². The summed E-state index contributed by atoms with van der Waals surface area (Å²) < 4.78 is 31.8. The first-order valence-electron chi connectivity index (χ1n) is 9.81. The molecule has 0 spiro atoms. The Hall–Kier alpha value is -1.66. The van der Waals surface area contributed by atoms with Crippen molar-refractivity contribution >= 4 is 11.6 Å². The van der Waals surface area contributed by atoms with Crippen molar-refractivity contribution in [1.29, 1.82) is 0 Å². The number of ketones is 2. The van der Waals surface area contributed by atoms with E-state index >= 15 is 8.78 Å². The standard InChI is InChI=1S/C22H26F2O4/c1-12-8-14-15-10-17(23)16-9-13(26)4-5-19(16,2)21(15,24)7-6-20(14,3)22(12,28)18(27)11-25/h4-7,9,12,14-15,17,25,28H,8,10-11H2,1-3H3/t12-,14-,15-,17-,19-,20-,21+,22-/m0/s1. The summed E-state index contributed by atoms with van der Waals surface area (Å²) in [5.74, 6) is -2.77. The molecular weight excluding hydrogens is 366 g/mol. The minimum absolute atomic E-state index is 0.111. The predicted octanol–water partition coefficient (Wildman–Crippen LogP) is 2.65. The molecule has 4 nitrogen and oxygen atoms in total. The van der Waals surface area contributed by atoms with E-state index in [2.05, 4.69) is 0 Å². The first-order valence-corrected chi connectivity index (χ1v) is 9.81. The zero-order valence-corrected chi connectivity index (χ0v) is 16.3. The van der Waals surface area contributed by atoms with Crippen LogP contribution in [0.1, 0.15) is 33.6 Å². The van der Waals surface area contributed by atoms with Gasteiger partial charge < -0.3 is 10.2 Å². The largest absolute Gasteiger partial charge is 0.388 e. The second-order valence-electron chi connectivity index (χ2n) is 9.32. The van der Waals surface area contributed by atoms with Gasteiger partial charge in [0.1, 0.15) is 24.0 Å². The summed E-state index contributed by atoms with van der Waals surface area (Å²) in [6.07, 6.45) is 5.63. The Bertz CT molecular complexity index is 847. The molecule has 4 rings (SSSR count). The Morgan fingerprint density at radius 2 is 1.89 bits per heavy atom. The highest BCUT2D eigenvalue weighted by Gasteiger charge is 2.72. The minimum Gasteiger partial charge on any atom is -0.388 e. The maximum absolute atomic E-state index is 16.6. The Kier molecular flexibility index (Phi) is 4.00. The van der Waals surface area contributed by atoms with E-state index in [9.17, 15) is 19.8 Å². The van der Waals surface area contributed by atoms with E-state index in [4.69, 9.17) is 0 Å². The van der Waals surface area contributed by atoms with E-state index in [-0.39, 0.29) is 17.8 Å². The molecule has 0 saturated heterocycles. The van der Waals surface area contributed by atoms with Crippen molar-refractivity contribution in [2.45, 2.75) is 51.1 Å². The molecule has 2 fully saturated rings. The van der Waals surface area contributed by atoms with Gasteiger partial charge in [-0.05, 0) is 55.4 Å². The lowest BCUT2D eigenvalue weighted by molar-refractivity contribution is -0.160. The third kappa shape index (κ3) is 2.00. The number of aliphatic hydroxyl groups excluding tert-OH is 1. The van der Waals surface area contributed by atoms with Crippen molar-refractivity contribution in [2.75, 3.05) is 6.61 Å². The molecule has 2 saturated carbocycles. The average Bonchev–Trinajstić information content (AvgIpc) is 2.86. The van der Waals surface area contributed by atoms with Crippen LogP contribution < -0.4 is 0 Å². The third-order valence-corrected chi connectivity index (χ3v) is 8.25. The number of alkyl halides is 2. The highest BCUT2D eigenvalue weighted by Crippen LogP contribution is 2.68. The first kappa shape index (κ1) is 19.6. The average molecular weight is 392 g/mol. The molecule has 0 aliphatic heterocycles. The van der Waals surface area contributed by atoms with E-state index in [1.807, 2.05) is 0 Å². The van der Waals surface area contributed by atoms with Crippen LogP contribution in [0, 0.1) is 28.6 Å². The number of allylic oxidation sites excluding steroid dienone is 5. The predicted molar refractivity (Wildman–Crippen MR) is 98.7 cm³/mol. The summed E-state index contributed by atoms with van der Waals surface area (Å²) in [6, 6.07) is 0. The van der Waals surface area contributed by atoms with Crippen LogP contribution in [0.25, 0.3) is 0 Å². The minimum atomic E-state index is -1.93. The first-order chi connectivity index (χ1) is 13.0. The molecular formula is C22H26F2O4. The quantitative estimate of drug-likeness (QED) is 0.709. The van der Waals surface area contributed by atoms with Gasteiger partial charge in [0.15, 0.2) is 11.6 Å². The van der Waals surface area contributed by atoms with Gasteiger partial charge in [0.25, 0.3) is 0 Å². The lowest BCUT2D eigenvalue weighted by atomic mass is 9.48. The van der Waals surface area contributed by atoms with Gasteiger partial charge in [0, 0.05) is 16.7 Å². The van der Waals surface area contributed by atoms with E-state index in [1.165, 1.54) is 24.3 Å². The van der Waals surface area contributed by atoms with E-state index in [1.54, 1.807) is 26.8 Å². The van der Waals surface area contributed by atoms with Crippen LogP contribution in [0.4, 0.5) is 8.78 Å². The van der Waals surface area contributed by atoms with Crippen molar-refractivity contribution in [3.05, 3.63) is 36.0 Å². The fourth-order valence-corrected chi connectivity index (χ4v) is 6.55. The molecule has 28 heavy (non-hydrogen) atoms. The summed E-state index contributed by atoms with van der Waals surface area (Å²) >= 11 is 0. The molecule has 0 radical (unpaired) electrons. The number of hydrogen-bond acceptors (Lipinski definition) is 4. The molecule has 0 aromatic carbocycles. The number of carbonyl (C=O) groups excluding carboxylic acids is 2. The van der Waals surface area contributed by atoms with Gasteiger partial charge in [-0.15, -0.1) is 0 Å². The Morgan fingerprint density at radius 1 is 1.21 bits per heavy atom. The number of Topliss-reactive ketones (excluding diaryl/α,β-unsaturated/α-hetero) is 1. The summed E-state index contributed by atoms with van der Waals surface area (Å²) in [5, 5.41) is 20.7. The number of fused-ring (bicyclic) bond motifs is 5. The van der Waals surface area contributed by atoms with Crippen LogP contribution in [0.2, 0.25) is 0 Å². The maximum Gasteiger partial charge on any atom is 0.190 e. The molecule has 0 aromatic heterocycles. The monoisotopic (exact) mass is 392 g/mol. The van der Waals surface area contributed by atoms with Gasteiger partial charge >= 0.3 is 0 Å². The molecule has 4 aliphatic carbocycles. The summed E-state index contributed by atoms with van der Waals surface area (Å²) in [7, 11) is 0. The molecule has 0 aromatic rings. The van der Waals surface area contributed by atoms with Gasteiger partial charge in [-0.1, -0.05) is 26.0 Å². The number of rotatable bonds is 2. The van der Waals surface area contributed by atoms with Gasteiger partial charge in [-0.3, -0.25) is 9.59 Å². The topological polar surface area (TPSA) is 74.6 Å². The summed E-state index contributed by atoms with van der Waals surface area (Å²) in [4.78, 5) is 24.3. The summed E-state index contributed by atoms with van der Waals surface area (Å²) in [6.45, 7) is 4.22. The van der Waals surface area contributed by atoms with Crippen molar-refractivity contribution in [3.8, 4) is 0 Å². The smallest absolute Gasteiger partial charge is 0.190 e. The maximum atomic E-state index is 16.6. The van der Waals surface area contributed by atoms with Gasteiger partial charge in [0.2, 0.25) is 0 Å². The lowest BCUT2D eigenvalue weighted by Gasteiger charge is -2.58. The molecule has 0 amide bonds. The normalized spacial score (nSPS) is 52.0. The van der Waals surface area contributed by atoms with Crippen LogP contribution in [-0.4, -0.2) is 45.8 Å². The molecule has 2 N–H and O–H groups in total. The Morgan fingerprint density at radius 3 is 2.54 bits per heavy atom. The fraction of sp³-hybridized carbons (Fsp3) is 0.636. The fourth-order valence-electron chi connectivity index (χ4n) is 6.55. The van der Waals surface area contributed by atoms with E-state index < -0.39 is 58.4 Å². The molecule has 0 unspecified atom stereocenters. The second-order valence-corrected chi connectivity index (χ2v) is 9.32. The molecule has 152 valence electrons. The molecule has 8 atom stereocenters. The highest BCUT2D eigenvalue weighted by atomic mass is 19.1. The van der Waals surface area contributed by atoms with Gasteiger partial charge in [-0.2, -0.15) is 0 Å². The SMILES string of the molecule is C[C@H]1C[C@H]2[C@@H]3C[C@H](F)C4=CC(=O)C=C[C@]4(C)[C@@]3(F)C=C[C@]2(C)[C@@]1(O)C(=O)CO. The lowest BCUT2D eigenvalue weighted by Crippen LogP contribution is -2.63. The zero-order valence-electron chi connectivity index (χ0n) is 16.3.